The van der Waals surface area contributed by atoms with E-state index < -0.39 is 6.04 Å². The number of hydrogen-bond donors (Lipinski definition) is 2. The van der Waals surface area contributed by atoms with E-state index in [-0.39, 0.29) is 29.6 Å². The molecule has 6 aliphatic rings. The number of aromatic hydroxyl groups is 1. The summed E-state index contributed by atoms with van der Waals surface area (Å²) in [5, 5.41) is 12.7. The minimum Gasteiger partial charge on any atom is -0.508 e. The highest BCUT2D eigenvalue weighted by atomic mass is 16.3. The van der Waals surface area contributed by atoms with Crippen molar-refractivity contribution >= 4 is 29.1 Å². The molecule has 2 aliphatic carbocycles. The zero-order valence-corrected chi connectivity index (χ0v) is 32.5. The predicted octanol–water partition coefficient (Wildman–Crippen LogP) is 6.86. The molecule has 3 aromatic carbocycles. The zero-order chi connectivity index (χ0) is 37.7. The van der Waals surface area contributed by atoms with E-state index in [9.17, 15) is 19.5 Å². The van der Waals surface area contributed by atoms with Crippen molar-refractivity contribution in [3.8, 4) is 5.75 Å². The summed E-state index contributed by atoms with van der Waals surface area (Å²) >= 11 is 0. The van der Waals surface area contributed by atoms with Crippen LogP contribution in [0.3, 0.4) is 0 Å². The molecule has 0 bridgehead atoms. The van der Waals surface area contributed by atoms with Gasteiger partial charge in [-0.25, -0.2) is 0 Å². The largest absolute Gasteiger partial charge is 0.508 e. The van der Waals surface area contributed by atoms with E-state index >= 15 is 0 Å². The van der Waals surface area contributed by atoms with E-state index in [1.54, 1.807) is 4.90 Å². The van der Waals surface area contributed by atoms with E-state index in [0.717, 1.165) is 69.4 Å². The molecule has 3 saturated heterocycles. The highest BCUT2D eigenvalue weighted by molar-refractivity contribution is 6.05. The van der Waals surface area contributed by atoms with Crippen molar-refractivity contribution in [1.82, 2.24) is 15.1 Å². The van der Waals surface area contributed by atoms with Crippen LogP contribution in [0.5, 0.6) is 5.75 Å². The van der Waals surface area contributed by atoms with E-state index in [1.165, 1.54) is 73.7 Å². The first kappa shape index (κ1) is 36.3. The first-order valence-electron chi connectivity index (χ1n) is 21.1. The van der Waals surface area contributed by atoms with Crippen molar-refractivity contribution in [2.45, 2.75) is 96.1 Å². The summed E-state index contributed by atoms with van der Waals surface area (Å²) in [5.41, 5.74) is 8.53. The maximum Gasteiger partial charge on any atom is 0.255 e. The van der Waals surface area contributed by atoms with Gasteiger partial charge in [0.1, 0.15) is 11.8 Å². The van der Waals surface area contributed by atoms with Gasteiger partial charge in [0.2, 0.25) is 11.8 Å². The predicted molar refractivity (Wildman–Crippen MR) is 215 cm³/mol. The van der Waals surface area contributed by atoms with Crippen molar-refractivity contribution in [3.05, 3.63) is 88.5 Å². The third kappa shape index (κ3) is 7.02. The van der Waals surface area contributed by atoms with E-state index in [2.05, 4.69) is 69.4 Å². The van der Waals surface area contributed by atoms with Gasteiger partial charge in [0.15, 0.2) is 0 Å². The number of piperazine rings is 1. The van der Waals surface area contributed by atoms with Crippen LogP contribution in [0.1, 0.15) is 110 Å². The summed E-state index contributed by atoms with van der Waals surface area (Å²) in [7, 11) is 0. The number of nitrogens with one attached hydrogen (secondary N) is 1. The number of benzene rings is 3. The molecule has 4 heterocycles. The standard InChI is InChI=1S/C46H57N5O4/c1-46(35-5-3-2-4-6-35)20-17-33-28-38(52)12-14-39(33)43(46)32-7-9-36(10-8-32)49-21-18-31(19-22-49)29-48-23-25-50(26-24-48)37-11-13-40-34(27-37)30-51(45(40)55)41-15-16-42(53)47-44(41)54/h7-14,27-28,31,35,41,43,52H,2-6,15-26,29-30H2,1H3,(H,47,53,54)/t41-,43-,46+/m0/s1. The minimum atomic E-state index is -0.581. The molecule has 4 fully saturated rings. The molecule has 4 aliphatic heterocycles. The number of imide groups is 1. The summed E-state index contributed by atoms with van der Waals surface area (Å²) in [6.07, 6.45) is 12.1. The van der Waals surface area contributed by atoms with Crippen LogP contribution in [0.4, 0.5) is 11.4 Å². The Kier molecular flexibility index (Phi) is 9.86. The van der Waals surface area contributed by atoms with E-state index in [4.69, 9.17) is 0 Å². The van der Waals surface area contributed by atoms with Crippen molar-refractivity contribution in [1.29, 1.82) is 0 Å². The number of rotatable bonds is 7. The van der Waals surface area contributed by atoms with Gasteiger partial charge in [-0.3, -0.25) is 24.6 Å². The molecular formula is C46H57N5O4. The van der Waals surface area contributed by atoms with Crippen LogP contribution in [0.15, 0.2) is 60.7 Å². The number of fused-ring (bicyclic) bond motifs is 2. The minimum absolute atomic E-state index is 0.116. The van der Waals surface area contributed by atoms with Crippen LogP contribution in [-0.2, 0) is 22.6 Å². The Balaban J connectivity index is 0.783. The van der Waals surface area contributed by atoms with Gasteiger partial charge in [-0.2, -0.15) is 0 Å². The number of nitrogens with zero attached hydrogens (tertiary/aromatic N) is 4. The first-order valence-corrected chi connectivity index (χ1v) is 21.1. The quantitative estimate of drug-likeness (QED) is 0.256. The van der Waals surface area contributed by atoms with Crippen molar-refractivity contribution < 1.29 is 19.5 Å². The van der Waals surface area contributed by atoms with Crippen molar-refractivity contribution in [2.24, 2.45) is 17.3 Å². The zero-order valence-electron chi connectivity index (χ0n) is 32.5. The summed E-state index contributed by atoms with van der Waals surface area (Å²) in [6.45, 7) is 10.3. The number of carbonyl (C=O) groups is 3. The summed E-state index contributed by atoms with van der Waals surface area (Å²) < 4.78 is 0. The molecule has 0 unspecified atom stereocenters. The number of anilines is 2. The fraction of sp³-hybridized carbons (Fsp3) is 0.543. The second kappa shape index (κ2) is 14.9. The highest BCUT2D eigenvalue weighted by Gasteiger charge is 2.46. The molecule has 3 aromatic rings. The Morgan fingerprint density at radius 3 is 2.22 bits per heavy atom. The number of aryl methyl sites for hydroxylation is 1. The monoisotopic (exact) mass is 743 g/mol. The summed E-state index contributed by atoms with van der Waals surface area (Å²) in [6, 6.07) is 21.2. The van der Waals surface area contributed by atoms with E-state index in [0.29, 0.717) is 36.1 Å². The average Bonchev–Trinajstić information content (AvgIpc) is 3.53. The lowest BCUT2D eigenvalue weighted by Gasteiger charge is -2.49. The smallest absolute Gasteiger partial charge is 0.255 e. The number of phenolic OH excluding ortho intramolecular Hbond substituents is 1. The SMILES string of the molecule is C[C@]1(C2CCCCC2)CCc2cc(O)ccc2[C@@H]1c1ccc(N2CCC(CN3CCN(c4ccc5c(c4)CN([C@H]4CCC(=O)NC4=O)C5=O)CC3)CC2)cc1. The summed E-state index contributed by atoms with van der Waals surface area (Å²) in [4.78, 5) is 46.6. The fourth-order valence-electron chi connectivity index (χ4n) is 11.3. The van der Waals surface area contributed by atoms with Gasteiger partial charge >= 0.3 is 0 Å². The van der Waals surface area contributed by atoms with Crippen LogP contribution in [0.2, 0.25) is 0 Å². The summed E-state index contributed by atoms with van der Waals surface area (Å²) in [5.74, 6) is 1.46. The van der Waals surface area contributed by atoms with Gasteiger partial charge < -0.3 is 19.8 Å². The van der Waals surface area contributed by atoms with Crippen LogP contribution < -0.4 is 15.1 Å². The van der Waals surface area contributed by atoms with Gasteiger partial charge in [0.05, 0.1) is 0 Å². The lowest BCUT2D eigenvalue weighted by molar-refractivity contribution is -0.136. The molecular weight excluding hydrogens is 687 g/mol. The third-order valence-electron chi connectivity index (χ3n) is 14.5. The van der Waals surface area contributed by atoms with Crippen molar-refractivity contribution in [3.63, 3.8) is 0 Å². The molecule has 9 nitrogen and oxygen atoms in total. The van der Waals surface area contributed by atoms with Crippen LogP contribution in [0.25, 0.3) is 0 Å². The number of hydrogen-bond acceptors (Lipinski definition) is 7. The maximum atomic E-state index is 13.2. The average molecular weight is 744 g/mol. The normalized spacial score (nSPS) is 26.9. The molecule has 0 aromatic heterocycles. The Hall–Kier alpha value is -4.37. The molecule has 9 rings (SSSR count). The molecule has 3 amide bonds. The van der Waals surface area contributed by atoms with Crippen LogP contribution >= 0.6 is 0 Å². The molecule has 2 N–H and O–H groups in total. The Labute approximate surface area is 326 Å². The second-order valence-electron chi connectivity index (χ2n) is 17.7. The third-order valence-corrected chi connectivity index (χ3v) is 14.5. The Bertz CT molecular complexity index is 1920. The number of carbonyl (C=O) groups excluding carboxylic acids is 3. The molecule has 1 saturated carbocycles. The Morgan fingerprint density at radius 2 is 1.47 bits per heavy atom. The first-order chi connectivity index (χ1) is 26.7. The lowest BCUT2D eigenvalue weighted by atomic mass is 9.55. The van der Waals surface area contributed by atoms with Gasteiger partial charge in [0, 0.05) is 81.6 Å². The molecule has 3 atom stereocenters. The number of piperidine rings is 2. The van der Waals surface area contributed by atoms with Crippen LogP contribution in [0, 0.1) is 17.3 Å². The van der Waals surface area contributed by atoms with Crippen LogP contribution in [-0.4, -0.2) is 84.5 Å². The lowest BCUT2D eigenvalue weighted by Crippen LogP contribution is -2.52. The van der Waals surface area contributed by atoms with Gasteiger partial charge in [-0.15, -0.1) is 0 Å². The van der Waals surface area contributed by atoms with E-state index in [1.807, 2.05) is 18.2 Å². The van der Waals surface area contributed by atoms with Crippen molar-refractivity contribution in [2.75, 3.05) is 55.6 Å². The second-order valence-corrected chi connectivity index (χ2v) is 17.7. The molecule has 0 spiro atoms. The number of phenols is 1. The van der Waals surface area contributed by atoms with Gasteiger partial charge in [0.25, 0.3) is 5.91 Å². The topological polar surface area (TPSA) is 96.4 Å². The fourth-order valence-corrected chi connectivity index (χ4v) is 11.3. The molecule has 9 heteroatoms. The Morgan fingerprint density at radius 1 is 0.745 bits per heavy atom. The molecule has 290 valence electrons. The molecule has 0 radical (unpaired) electrons. The maximum absolute atomic E-state index is 13.2. The molecule has 55 heavy (non-hydrogen) atoms. The van der Waals surface area contributed by atoms with Gasteiger partial charge in [-0.1, -0.05) is 44.4 Å². The highest BCUT2D eigenvalue weighted by Crippen LogP contribution is 2.56. The van der Waals surface area contributed by atoms with Gasteiger partial charge in [-0.05, 0) is 127 Å². The number of amides is 3.